The fourth-order valence-electron chi connectivity index (χ4n) is 2.60. The summed E-state index contributed by atoms with van der Waals surface area (Å²) in [5.74, 6) is 1.09. The molecule has 0 aliphatic carbocycles. The van der Waals surface area contributed by atoms with Crippen molar-refractivity contribution in [3.05, 3.63) is 46.2 Å². The Morgan fingerprint density at radius 2 is 1.92 bits per heavy atom. The number of methoxy groups -OCH3 is 2. The van der Waals surface area contributed by atoms with E-state index < -0.39 is 0 Å². The number of carbonyl (C=O) groups excluding carboxylic acids is 2. The minimum absolute atomic E-state index is 0.0994. The van der Waals surface area contributed by atoms with Gasteiger partial charge < -0.3 is 20.1 Å². The number of carbonyl (C=O) groups is 2. The number of thiophene rings is 1. The predicted octanol–water partition coefficient (Wildman–Crippen LogP) is 2.69. The second kappa shape index (κ2) is 9.82. The van der Waals surface area contributed by atoms with E-state index in [1.165, 1.54) is 18.3 Å². The van der Waals surface area contributed by atoms with Crippen LogP contribution in [0.2, 0.25) is 0 Å². The standard InChI is InChI=1S/C19H24N2O4S/c1-13(22)21-15(18-5-4-10-26-18)12-19(23)20-9-8-14-6-7-16(24-2)17(11-14)25-3/h4-7,10-11,15H,8-9,12H2,1-3H3,(H,20,23)(H,21,22)/t15-/m1/s1. The fourth-order valence-corrected chi connectivity index (χ4v) is 3.38. The highest BCUT2D eigenvalue weighted by Gasteiger charge is 2.17. The van der Waals surface area contributed by atoms with Gasteiger partial charge in [-0.3, -0.25) is 9.59 Å². The zero-order valence-corrected chi connectivity index (χ0v) is 16.0. The first kappa shape index (κ1) is 19.8. The molecule has 0 aliphatic rings. The average molecular weight is 376 g/mol. The van der Waals surface area contributed by atoms with Crippen molar-refractivity contribution >= 4 is 23.2 Å². The van der Waals surface area contributed by atoms with Crippen molar-refractivity contribution in [1.82, 2.24) is 10.6 Å². The molecule has 2 aromatic rings. The first-order chi connectivity index (χ1) is 12.5. The maximum atomic E-state index is 12.2. The number of nitrogens with one attached hydrogen (secondary N) is 2. The lowest BCUT2D eigenvalue weighted by Gasteiger charge is -2.16. The van der Waals surface area contributed by atoms with E-state index in [1.54, 1.807) is 14.2 Å². The van der Waals surface area contributed by atoms with E-state index in [1.807, 2.05) is 35.7 Å². The second-order valence-electron chi connectivity index (χ2n) is 5.76. The predicted molar refractivity (Wildman–Crippen MR) is 102 cm³/mol. The Hall–Kier alpha value is -2.54. The summed E-state index contributed by atoms with van der Waals surface area (Å²) in [6, 6.07) is 9.22. The van der Waals surface area contributed by atoms with Crippen molar-refractivity contribution < 1.29 is 19.1 Å². The molecule has 0 fully saturated rings. The molecule has 1 heterocycles. The van der Waals surface area contributed by atoms with Crippen LogP contribution in [0.5, 0.6) is 11.5 Å². The Bertz CT molecular complexity index is 731. The van der Waals surface area contributed by atoms with Gasteiger partial charge in [0.15, 0.2) is 11.5 Å². The number of benzene rings is 1. The van der Waals surface area contributed by atoms with Crippen molar-refractivity contribution in [2.75, 3.05) is 20.8 Å². The smallest absolute Gasteiger partial charge is 0.222 e. The van der Waals surface area contributed by atoms with Gasteiger partial charge in [-0.25, -0.2) is 0 Å². The molecule has 140 valence electrons. The van der Waals surface area contributed by atoms with Gasteiger partial charge in [0, 0.05) is 18.3 Å². The molecule has 0 saturated heterocycles. The minimum Gasteiger partial charge on any atom is -0.493 e. The highest BCUT2D eigenvalue weighted by atomic mass is 32.1. The highest BCUT2D eigenvalue weighted by Crippen LogP contribution is 2.27. The summed E-state index contributed by atoms with van der Waals surface area (Å²) >= 11 is 1.52. The van der Waals surface area contributed by atoms with Crippen LogP contribution in [-0.2, 0) is 16.0 Å². The van der Waals surface area contributed by atoms with E-state index in [2.05, 4.69) is 10.6 Å². The third kappa shape index (κ3) is 5.77. The number of ether oxygens (including phenoxy) is 2. The van der Waals surface area contributed by atoms with E-state index in [4.69, 9.17) is 9.47 Å². The van der Waals surface area contributed by atoms with Crippen LogP contribution in [0.3, 0.4) is 0 Å². The molecule has 1 aromatic carbocycles. The van der Waals surface area contributed by atoms with Gasteiger partial charge in [-0.05, 0) is 35.6 Å². The first-order valence-corrected chi connectivity index (χ1v) is 9.19. The van der Waals surface area contributed by atoms with Gasteiger partial charge in [0.1, 0.15) is 0 Å². The quantitative estimate of drug-likeness (QED) is 0.705. The summed E-state index contributed by atoms with van der Waals surface area (Å²) in [5, 5.41) is 7.66. The van der Waals surface area contributed by atoms with Gasteiger partial charge in [0.25, 0.3) is 0 Å². The Balaban J connectivity index is 1.87. The Morgan fingerprint density at radius 1 is 1.15 bits per heavy atom. The molecule has 0 bridgehead atoms. The van der Waals surface area contributed by atoms with Crippen LogP contribution in [0, 0.1) is 0 Å². The molecule has 26 heavy (non-hydrogen) atoms. The molecule has 0 radical (unpaired) electrons. The van der Waals surface area contributed by atoms with Crippen LogP contribution < -0.4 is 20.1 Å². The van der Waals surface area contributed by atoms with Crippen LogP contribution in [0.25, 0.3) is 0 Å². The van der Waals surface area contributed by atoms with E-state index in [9.17, 15) is 9.59 Å². The normalized spacial score (nSPS) is 11.5. The van der Waals surface area contributed by atoms with Crippen LogP contribution in [-0.4, -0.2) is 32.6 Å². The van der Waals surface area contributed by atoms with E-state index in [-0.39, 0.29) is 24.3 Å². The summed E-state index contributed by atoms with van der Waals surface area (Å²) in [5.41, 5.74) is 1.04. The molecule has 2 N–H and O–H groups in total. The number of hydrogen-bond acceptors (Lipinski definition) is 5. The van der Waals surface area contributed by atoms with Crippen LogP contribution >= 0.6 is 11.3 Å². The monoisotopic (exact) mass is 376 g/mol. The van der Waals surface area contributed by atoms with E-state index >= 15 is 0 Å². The zero-order chi connectivity index (χ0) is 18.9. The maximum Gasteiger partial charge on any atom is 0.222 e. The van der Waals surface area contributed by atoms with Crippen LogP contribution in [0.4, 0.5) is 0 Å². The number of amides is 2. The molecule has 2 amide bonds. The zero-order valence-electron chi connectivity index (χ0n) is 15.2. The molecule has 0 saturated carbocycles. The number of hydrogen-bond donors (Lipinski definition) is 2. The Labute approximate surface area is 157 Å². The molecule has 1 aromatic heterocycles. The molecular weight excluding hydrogens is 352 g/mol. The van der Waals surface area contributed by atoms with E-state index in [0.717, 1.165) is 10.4 Å². The lowest BCUT2D eigenvalue weighted by atomic mass is 10.1. The first-order valence-electron chi connectivity index (χ1n) is 8.31. The van der Waals surface area contributed by atoms with Gasteiger partial charge in [-0.2, -0.15) is 0 Å². The topological polar surface area (TPSA) is 76.7 Å². The summed E-state index contributed by atoms with van der Waals surface area (Å²) in [7, 11) is 3.19. The minimum atomic E-state index is -0.298. The van der Waals surface area contributed by atoms with Crippen molar-refractivity contribution in [2.45, 2.75) is 25.8 Å². The second-order valence-corrected chi connectivity index (χ2v) is 6.74. The molecule has 0 spiro atoms. The third-order valence-electron chi connectivity index (χ3n) is 3.84. The maximum absolute atomic E-state index is 12.2. The number of rotatable bonds is 9. The summed E-state index contributed by atoms with van der Waals surface area (Å²) in [4.78, 5) is 24.6. The summed E-state index contributed by atoms with van der Waals surface area (Å²) in [6.45, 7) is 1.96. The molecule has 0 unspecified atom stereocenters. The molecule has 2 rings (SSSR count). The molecule has 0 aliphatic heterocycles. The van der Waals surface area contributed by atoms with Gasteiger partial charge in [0.2, 0.25) is 11.8 Å². The molecule has 1 atom stereocenters. The SMILES string of the molecule is COc1ccc(CCNC(=O)C[C@@H](NC(C)=O)c2cccs2)cc1OC. The fraction of sp³-hybridized carbons (Fsp3) is 0.368. The average Bonchev–Trinajstić information content (AvgIpc) is 3.15. The lowest BCUT2D eigenvalue weighted by Crippen LogP contribution is -2.33. The van der Waals surface area contributed by atoms with Crippen LogP contribution in [0.1, 0.15) is 29.8 Å². The van der Waals surface area contributed by atoms with Gasteiger partial charge in [-0.1, -0.05) is 12.1 Å². The van der Waals surface area contributed by atoms with Crippen molar-refractivity contribution in [1.29, 1.82) is 0 Å². The Kier molecular flexibility index (Phi) is 7.47. The van der Waals surface area contributed by atoms with Crippen LogP contribution in [0.15, 0.2) is 35.7 Å². The van der Waals surface area contributed by atoms with Crippen molar-refractivity contribution in [3.8, 4) is 11.5 Å². The summed E-state index contributed by atoms with van der Waals surface area (Å²) < 4.78 is 10.5. The highest BCUT2D eigenvalue weighted by molar-refractivity contribution is 7.10. The third-order valence-corrected chi connectivity index (χ3v) is 4.82. The van der Waals surface area contributed by atoms with E-state index in [0.29, 0.717) is 24.5 Å². The summed E-state index contributed by atoms with van der Waals surface area (Å²) in [6.07, 6.45) is 0.891. The lowest BCUT2D eigenvalue weighted by molar-refractivity contribution is -0.122. The van der Waals surface area contributed by atoms with Crippen molar-refractivity contribution in [3.63, 3.8) is 0 Å². The molecule has 7 heteroatoms. The molecule has 6 nitrogen and oxygen atoms in total. The van der Waals surface area contributed by atoms with Gasteiger partial charge in [-0.15, -0.1) is 11.3 Å². The van der Waals surface area contributed by atoms with Crippen molar-refractivity contribution in [2.24, 2.45) is 0 Å². The Morgan fingerprint density at radius 3 is 2.54 bits per heavy atom. The van der Waals surface area contributed by atoms with Gasteiger partial charge >= 0.3 is 0 Å². The molecular formula is C19H24N2O4S. The van der Waals surface area contributed by atoms with Gasteiger partial charge in [0.05, 0.1) is 26.7 Å². The largest absolute Gasteiger partial charge is 0.493 e.